The third-order valence-corrected chi connectivity index (χ3v) is 4.02. The van der Waals surface area contributed by atoms with Gasteiger partial charge in [-0.25, -0.2) is 0 Å². The Balaban J connectivity index is 1.77. The minimum Gasteiger partial charge on any atom is -0.361 e. The molecule has 3 heterocycles. The SMILES string of the molecule is C=C1CC2CCC(C1)N2Cc1cnoc1C. The molecule has 0 spiro atoms. The van der Waals surface area contributed by atoms with E-state index in [-0.39, 0.29) is 0 Å². The zero-order valence-corrected chi connectivity index (χ0v) is 9.78. The van der Waals surface area contributed by atoms with E-state index in [0.717, 1.165) is 12.3 Å². The number of hydrogen-bond donors (Lipinski definition) is 0. The van der Waals surface area contributed by atoms with Crippen molar-refractivity contribution in [2.45, 2.75) is 51.2 Å². The minimum absolute atomic E-state index is 0.709. The third kappa shape index (κ3) is 1.59. The van der Waals surface area contributed by atoms with Crippen molar-refractivity contribution < 1.29 is 4.52 Å². The number of piperidine rings is 1. The van der Waals surface area contributed by atoms with Crippen LogP contribution in [0.5, 0.6) is 0 Å². The Kier molecular flexibility index (Phi) is 2.36. The molecule has 2 fully saturated rings. The van der Waals surface area contributed by atoms with Crippen molar-refractivity contribution in [1.82, 2.24) is 10.1 Å². The molecule has 3 nitrogen and oxygen atoms in total. The Hall–Kier alpha value is -1.09. The van der Waals surface area contributed by atoms with Gasteiger partial charge in [-0.05, 0) is 32.6 Å². The first-order valence-electron chi connectivity index (χ1n) is 6.06. The summed E-state index contributed by atoms with van der Waals surface area (Å²) in [7, 11) is 0. The van der Waals surface area contributed by atoms with Crippen molar-refractivity contribution in [3.8, 4) is 0 Å². The monoisotopic (exact) mass is 218 g/mol. The molecule has 0 aliphatic carbocycles. The summed E-state index contributed by atoms with van der Waals surface area (Å²) < 4.78 is 5.12. The van der Waals surface area contributed by atoms with E-state index in [2.05, 4.69) is 16.6 Å². The largest absolute Gasteiger partial charge is 0.361 e. The molecule has 1 aromatic heterocycles. The molecule has 0 aromatic carbocycles. The highest BCUT2D eigenvalue weighted by Crippen LogP contribution is 2.38. The first kappa shape index (κ1) is 10.1. The van der Waals surface area contributed by atoms with Crippen molar-refractivity contribution in [2.24, 2.45) is 0 Å². The summed E-state index contributed by atoms with van der Waals surface area (Å²) in [5, 5.41) is 3.85. The van der Waals surface area contributed by atoms with Crippen LogP contribution in [-0.2, 0) is 6.54 Å². The van der Waals surface area contributed by atoms with E-state index in [1.165, 1.54) is 36.8 Å². The van der Waals surface area contributed by atoms with Gasteiger partial charge in [0.1, 0.15) is 5.76 Å². The molecular weight excluding hydrogens is 200 g/mol. The Labute approximate surface area is 96.1 Å². The Morgan fingerprint density at radius 2 is 2.12 bits per heavy atom. The second kappa shape index (κ2) is 3.74. The Bertz CT molecular complexity index is 394. The van der Waals surface area contributed by atoms with Crippen LogP contribution in [0.3, 0.4) is 0 Å². The topological polar surface area (TPSA) is 29.3 Å². The standard InChI is InChI=1S/C13H18N2O/c1-9-5-12-3-4-13(6-9)15(12)8-11-7-14-16-10(11)2/h7,12-13H,1,3-6,8H2,2H3. The summed E-state index contributed by atoms with van der Waals surface area (Å²) in [5.74, 6) is 0.962. The highest BCUT2D eigenvalue weighted by Gasteiger charge is 2.37. The van der Waals surface area contributed by atoms with Crippen LogP contribution in [-0.4, -0.2) is 22.1 Å². The van der Waals surface area contributed by atoms with Gasteiger partial charge in [0.2, 0.25) is 0 Å². The van der Waals surface area contributed by atoms with Crippen LogP contribution in [0.25, 0.3) is 0 Å². The van der Waals surface area contributed by atoms with Gasteiger partial charge in [-0.2, -0.15) is 0 Å². The lowest BCUT2D eigenvalue weighted by atomic mass is 9.98. The molecule has 0 saturated carbocycles. The van der Waals surface area contributed by atoms with Crippen LogP contribution in [0.4, 0.5) is 0 Å². The van der Waals surface area contributed by atoms with Gasteiger partial charge in [-0.1, -0.05) is 17.3 Å². The van der Waals surface area contributed by atoms with Crippen molar-refractivity contribution >= 4 is 0 Å². The molecule has 3 heteroatoms. The smallest absolute Gasteiger partial charge is 0.138 e. The molecule has 2 aliphatic heterocycles. The van der Waals surface area contributed by atoms with Crippen LogP contribution >= 0.6 is 0 Å². The summed E-state index contributed by atoms with van der Waals surface area (Å²) >= 11 is 0. The second-order valence-corrected chi connectivity index (χ2v) is 5.12. The highest BCUT2D eigenvalue weighted by molar-refractivity contribution is 5.16. The second-order valence-electron chi connectivity index (χ2n) is 5.12. The number of rotatable bonds is 2. The van der Waals surface area contributed by atoms with Gasteiger partial charge >= 0.3 is 0 Å². The number of aryl methyl sites for hydroxylation is 1. The molecule has 3 rings (SSSR count). The van der Waals surface area contributed by atoms with E-state index >= 15 is 0 Å². The molecule has 86 valence electrons. The predicted molar refractivity (Wildman–Crippen MR) is 62.0 cm³/mol. The summed E-state index contributed by atoms with van der Waals surface area (Å²) in [6.07, 6.45) is 6.88. The fraction of sp³-hybridized carbons (Fsp3) is 0.615. The molecule has 0 N–H and O–H groups in total. The van der Waals surface area contributed by atoms with Gasteiger partial charge in [0.15, 0.2) is 0 Å². The van der Waals surface area contributed by atoms with Crippen LogP contribution < -0.4 is 0 Å². The molecule has 2 unspecified atom stereocenters. The lowest BCUT2D eigenvalue weighted by Crippen LogP contribution is -2.39. The third-order valence-electron chi connectivity index (χ3n) is 4.02. The molecule has 1 aromatic rings. The number of aromatic nitrogens is 1. The first-order valence-corrected chi connectivity index (χ1v) is 6.06. The minimum atomic E-state index is 0.709. The fourth-order valence-electron chi connectivity index (χ4n) is 3.13. The molecule has 2 saturated heterocycles. The highest BCUT2D eigenvalue weighted by atomic mass is 16.5. The van der Waals surface area contributed by atoms with Gasteiger partial charge in [0.05, 0.1) is 6.20 Å². The van der Waals surface area contributed by atoms with Gasteiger partial charge in [-0.3, -0.25) is 4.90 Å². The molecule has 0 amide bonds. The maximum absolute atomic E-state index is 5.12. The summed E-state index contributed by atoms with van der Waals surface area (Å²) in [4.78, 5) is 2.62. The van der Waals surface area contributed by atoms with Crippen LogP contribution in [0, 0.1) is 6.92 Å². The van der Waals surface area contributed by atoms with Crippen molar-refractivity contribution in [2.75, 3.05) is 0 Å². The zero-order valence-electron chi connectivity index (χ0n) is 9.78. The average molecular weight is 218 g/mol. The summed E-state index contributed by atoms with van der Waals surface area (Å²) in [6, 6.07) is 1.42. The van der Waals surface area contributed by atoms with E-state index in [9.17, 15) is 0 Å². The maximum Gasteiger partial charge on any atom is 0.138 e. The van der Waals surface area contributed by atoms with E-state index < -0.39 is 0 Å². The number of hydrogen-bond acceptors (Lipinski definition) is 3. The maximum atomic E-state index is 5.12. The zero-order chi connectivity index (χ0) is 11.1. The van der Waals surface area contributed by atoms with Crippen LogP contribution in [0.15, 0.2) is 22.9 Å². The molecule has 0 radical (unpaired) electrons. The van der Waals surface area contributed by atoms with Crippen molar-refractivity contribution in [3.05, 3.63) is 29.7 Å². The van der Waals surface area contributed by atoms with Crippen molar-refractivity contribution in [3.63, 3.8) is 0 Å². The van der Waals surface area contributed by atoms with Gasteiger partial charge in [0.25, 0.3) is 0 Å². The van der Waals surface area contributed by atoms with Crippen LogP contribution in [0.1, 0.15) is 37.0 Å². The molecule has 2 bridgehead atoms. The lowest BCUT2D eigenvalue weighted by Gasteiger charge is -2.35. The van der Waals surface area contributed by atoms with E-state index in [4.69, 9.17) is 4.52 Å². The average Bonchev–Trinajstić information content (AvgIpc) is 2.73. The van der Waals surface area contributed by atoms with Gasteiger partial charge < -0.3 is 4.52 Å². The van der Waals surface area contributed by atoms with Crippen molar-refractivity contribution in [1.29, 1.82) is 0 Å². The molecule has 2 aliphatic rings. The Morgan fingerprint density at radius 1 is 1.44 bits per heavy atom. The number of fused-ring (bicyclic) bond motifs is 2. The Morgan fingerprint density at radius 3 is 2.69 bits per heavy atom. The predicted octanol–water partition coefficient (Wildman–Crippen LogP) is 2.67. The van der Waals surface area contributed by atoms with Gasteiger partial charge in [-0.15, -0.1) is 0 Å². The normalized spacial score (nSPS) is 29.9. The van der Waals surface area contributed by atoms with E-state index in [0.29, 0.717) is 12.1 Å². The quantitative estimate of drug-likeness (QED) is 0.715. The molecule has 16 heavy (non-hydrogen) atoms. The summed E-state index contributed by atoms with van der Waals surface area (Å²) in [5.41, 5.74) is 2.68. The number of nitrogens with zero attached hydrogens (tertiary/aromatic N) is 2. The van der Waals surface area contributed by atoms with E-state index in [1.54, 1.807) is 0 Å². The molecule has 2 atom stereocenters. The molecular formula is C13H18N2O. The summed E-state index contributed by atoms with van der Waals surface area (Å²) in [6.45, 7) is 7.14. The van der Waals surface area contributed by atoms with Crippen LogP contribution in [0.2, 0.25) is 0 Å². The lowest BCUT2D eigenvalue weighted by molar-refractivity contribution is 0.157. The first-order chi connectivity index (χ1) is 7.74. The van der Waals surface area contributed by atoms with E-state index in [1.807, 2.05) is 13.1 Å². The fourth-order valence-corrected chi connectivity index (χ4v) is 3.13. The van der Waals surface area contributed by atoms with Gasteiger partial charge in [0, 0.05) is 24.2 Å².